The van der Waals surface area contributed by atoms with Gasteiger partial charge in [0.05, 0.1) is 28.1 Å². The van der Waals surface area contributed by atoms with E-state index in [9.17, 15) is 0 Å². The van der Waals surface area contributed by atoms with Gasteiger partial charge in [-0.2, -0.15) is 0 Å². The van der Waals surface area contributed by atoms with Gasteiger partial charge in [-0.25, -0.2) is 0 Å². The second kappa shape index (κ2) is 10.5. The maximum absolute atomic E-state index is 6.57. The Bertz CT molecular complexity index is 2120. The van der Waals surface area contributed by atoms with E-state index < -0.39 is 0 Å². The Balaban J connectivity index is 1.05. The summed E-state index contributed by atoms with van der Waals surface area (Å²) in [4.78, 5) is 2.36. The van der Waals surface area contributed by atoms with Gasteiger partial charge in [-0.1, -0.05) is 98.8 Å². The second-order valence-corrected chi connectivity index (χ2v) is 12.2. The van der Waals surface area contributed by atoms with Crippen molar-refractivity contribution < 1.29 is 0 Å². The van der Waals surface area contributed by atoms with Crippen molar-refractivity contribution in [1.29, 1.82) is 0 Å². The lowest BCUT2D eigenvalue weighted by atomic mass is 9.73. The van der Waals surface area contributed by atoms with Crippen LogP contribution in [0.2, 0.25) is 0 Å². The van der Waals surface area contributed by atoms with Crippen LogP contribution in [-0.2, 0) is 5.41 Å². The van der Waals surface area contributed by atoms with Crippen molar-refractivity contribution in [3.8, 4) is 5.69 Å². The van der Waals surface area contributed by atoms with Crippen LogP contribution in [0.1, 0.15) is 30.5 Å². The standard InChI is InChI=1S/C41H34N4/c1-41(2)34-13-5-9-17-39(34)45(40-18-10-6-14-35(40)41)30-23-19-28(20-24-30)36(42)27-43-29-21-25-31(26-22-29)44-37-15-7-3-11-32(37)33-12-4-8-16-38(33)44/h3-27,43H,42H2,1-2H3/b36-27-. The number of para-hydroxylation sites is 4. The zero-order chi connectivity index (χ0) is 30.5. The van der Waals surface area contributed by atoms with Crippen LogP contribution in [-0.4, -0.2) is 4.57 Å². The fraction of sp³-hybridized carbons (Fsp3) is 0.0732. The molecule has 0 spiro atoms. The number of nitrogens with zero attached hydrogens (tertiary/aromatic N) is 2. The minimum atomic E-state index is -0.0792. The third-order valence-electron chi connectivity index (χ3n) is 9.20. The van der Waals surface area contributed by atoms with E-state index in [0.29, 0.717) is 5.70 Å². The minimum absolute atomic E-state index is 0.0792. The molecule has 45 heavy (non-hydrogen) atoms. The smallest absolute Gasteiger partial charge is 0.0550 e. The Labute approximate surface area is 263 Å². The highest BCUT2D eigenvalue weighted by Gasteiger charge is 2.36. The first kappa shape index (κ1) is 26.9. The number of hydrogen-bond acceptors (Lipinski definition) is 3. The first-order valence-corrected chi connectivity index (χ1v) is 15.4. The van der Waals surface area contributed by atoms with Crippen LogP contribution in [0.25, 0.3) is 33.2 Å². The average Bonchev–Trinajstić information content (AvgIpc) is 3.42. The molecule has 4 nitrogen and oxygen atoms in total. The number of nitrogens with one attached hydrogen (secondary N) is 1. The van der Waals surface area contributed by atoms with Crippen LogP contribution in [0.15, 0.2) is 152 Å². The van der Waals surface area contributed by atoms with Crippen molar-refractivity contribution in [2.24, 2.45) is 5.73 Å². The molecule has 7 aromatic rings. The quantitative estimate of drug-likeness (QED) is 0.212. The number of rotatable bonds is 5. The van der Waals surface area contributed by atoms with Crippen LogP contribution in [0.5, 0.6) is 0 Å². The van der Waals surface area contributed by atoms with E-state index in [2.05, 4.69) is 174 Å². The minimum Gasteiger partial charge on any atom is -0.397 e. The molecule has 2 heterocycles. The Morgan fingerprint density at radius 1 is 0.578 bits per heavy atom. The molecule has 0 fully saturated rings. The lowest BCUT2D eigenvalue weighted by Gasteiger charge is -2.42. The number of anilines is 4. The van der Waals surface area contributed by atoms with Crippen LogP contribution in [0.3, 0.4) is 0 Å². The van der Waals surface area contributed by atoms with Crippen LogP contribution < -0.4 is 16.0 Å². The van der Waals surface area contributed by atoms with E-state index in [0.717, 1.165) is 22.6 Å². The van der Waals surface area contributed by atoms with Crippen molar-refractivity contribution in [2.45, 2.75) is 19.3 Å². The van der Waals surface area contributed by atoms with Gasteiger partial charge in [0, 0.05) is 39.4 Å². The van der Waals surface area contributed by atoms with Gasteiger partial charge in [0.2, 0.25) is 0 Å². The number of benzene rings is 6. The molecule has 6 aromatic carbocycles. The van der Waals surface area contributed by atoms with Gasteiger partial charge in [-0.05, 0) is 77.4 Å². The topological polar surface area (TPSA) is 46.2 Å². The van der Waals surface area contributed by atoms with E-state index in [1.807, 2.05) is 6.20 Å². The third-order valence-corrected chi connectivity index (χ3v) is 9.20. The Hall–Kier alpha value is -5.74. The molecule has 0 saturated heterocycles. The van der Waals surface area contributed by atoms with Crippen LogP contribution >= 0.6 is 0 Å². The molecule has 0 atom stereocenters. The summed E-state index contributed by atoms with van der Waals surface area (Å²) in [6.07, 6.45) is 1.87. The molecule has 0 unspecified atom stereocenters. The first-order chi connectivity index (χ1) is 22.0. The molecule has 1 aliphatic rings. The molecule has 0 bridgehead atoms. The van der Waals surface area contributed by atoms with Crippen molar-refractivity contribution in [1.82, 2.24) is 4.57 Å². The van der Waals surface area contributed by atoms with Gasteiger partial charge in [-0.15, -0.1) is 0 Å². The zero-order valence-electron chi connectivity index (χ0n) is 25.4. The molecule has 218 valence electrons. The summed E-state index contributed by atoms with van der Waals surface area (Å²) < 4.78 is 2.32. The molecule has 0 aliphatic carbocycles. The number of hydrogen-bond donors (Lipinski definition) is 2. The molecule has 0 amide bonds. The molecule has 4 heteroatoms. The summed E-state index contributed by atoms with van der Waals surface area (Å²) >= 11 is 0. The Morgan fingerprint density at radius 2 is 1.07 bits per heavy atom. The summed E-state index contributed by atoms with van der Waals surface area (Å²) in [6, 6.07) is 51.5. The number of aromatic nitrogens is 1. The lowest BCUT2D eigenvalue weighted by Crippen LogP contribution is -2.30. The van der Waals surface area contributed by atoms with Crippen molar-refractivity contribution in [2.75, 3.05) is 10.2 Å². The maximum Gasteiger partial charge on any atom is 0.0550 e. The monoisotopic (exact) mass is 582 g/mol. The fourth-order valence-corrected chi connectivity index (χ4v) is 6.90. The summed E-state index contributed by atoms with van der Waals surface area (Å²) in [5.41, 5.74) is 18.8. The predicted octanol–water partition coefficient (Wildman–Crippen LogP) is 10.3. The molecular formula is C41H34N4. The molecular weight excluding hydrogens is 548 g/mol. The van der Waals surface area contributed by atoms with Crippen molar-refractivity contribution in [3.05, 3.63) is 168 Å². The van der Waals surface area contributed by atoms with E-state index in [1.54, 1.807) is 0 Å². The summed E-state index contributed by atoms with van der Waals surface area (Å²) in [5, 5.41) is 5.91. The highest BCUT2D eigenvalue weighted by Crippen LogP contribution is 2.51. The van der Waals surface area contributed by atoms with Crippen molar-refractivity contribution >= 4 is 50.3 Å². The second-order valence-electron chi connectivity index (χ2n) is 12.2. The molecule has 8 rings (SSSR count). The average molecular weight is 583 g/mol. The number of nitrogens with two attached hydrogens (primary N) is 1. The maximum atomic E-state index is 6.57. The summed E-state index contributed by atoms with van der Waals surface area (Å²) in [5.74, 6) is 0. The van der Waals surface area contributed by atoms with E-state index in [4.69, 9.17) is 5.73 Å². The first-order valence-electron chi connectivity index (χ1n) is 15.4. The number of fused-ring (bicyclic) bond motifs is 5. The van der Waals surface area contributed by atoms with Gasteiger partial charge >= 0.3 is 0 Å². The SMILES string of the molecule is CC1(C)c2ccccc2N(c2ccc(/C(N)=C/Nc3ccc(-n4c5ccccc5c5ccccc54)cc3)cc2)c2ccccc21. The lowest BCUT2D eigenvalue weighted by molar-refractivity contribution is 0.632. The molecule has 1 aromatic heterocycles. The molecule has 0 radical (unpaired) electrons. The van der Waals surface area contributed by atoms with Gasteiger partial charge < -0.3 is 20.5 Å². The molecule has 3 N–H and O–H groups in total. The zero-order valence-corrected chi connectivity index (χ0v) is 25.4. The third kappa shape index (κ3) is 4.37. The Morgan fingerprint density at radius 3 is 1.64 bits per heavy atom. The predicted molar refractivity (Wildman–Crippen MR) is 190 cm³/mol. The van der Waals surface area contributed by atoms with E-state index in [-0.39, 0.29) is 5.41 Å². The molecule has 1 aliphatic heterocycles. The highest BCUT2D eigenvalue weighted by atomic mass is 15.2. The van der Waals surface area contributed by atoms with Crippen LogP contribution in [0.4, 0.5) is 22.7 Å². The Kier molecular flexibility index (Phi) is 6.24. The van der Waals surface area contributed by atoms with E-state index >= 15 is 0 Å². The van der Waals surface area contributed by atoms with Gasteiger partial charge in [-0.3, -0.25) is 0 Å². The highest BCUT2D eigenvalue weighted by molar-refractivity contribution is 6.09. The van der Waals surface area contributed by atoms with Gasteiger partial charge in [0.15, 0.2) is 0 Å². The van der Waals surface area contributed by atoms with E-state index in [1.165, 1.54) is 44.3 Å². The largest absolute Gasteiger partial charge is 0.397 e. The van der Waals surface area contributed by atoms with Crippen LogP contribution in [0, 0.1) is 0 Å². The summed E-state index contributed by atoms with van der Waals surface area (Å²) in [7, 11) is 0. The van der Waals surface area contributed by atoms with Crippen molar-refractivity contribution in [3.63, 3.8) is 0 Å². The normalized spacial score (nSPS) is 13.9. The summed E-state index contributed by atoms with van der Waals surface area (Å²) in [6.45, 7) is 4.61. The van der Waals surface area contributed by atoms with Gasteiger partial charge in [0.1, 0.15) is 0 Å². The van der Waals surface area contributed by atoms with Gasteiger partial charge in [0.25, 0.3) is 0 Å². The fourth-order valence-electron chi connectivity index (χ4n) is 6.90. The molecule has 0 saturated carbocycles.